The van der Waals surface area contributed by atoms with Gasteiger partial charge in [0.05, 0.1) is 0 Å². The van der Waals surface area contributed by atoms with Gasteiger partial charge in [0.2, 0.25) is 0 Å². The molecule has 0 atom stereocenters. The molecule has 0 amide bonds. The van der Waals surface area contributed by atoms with Crippen molar-refractivity contribution in [2.24, 2.45) is 5.73 Å². The Kier molecular flexibility index (Phi) is 3.79. The van der Waals surface area contributed by atoms with Gasteiger partial charge in [-0.2, -0.15) is 0 Å². The lowest BCUT2D eigenvalue weighted by atomic mass is 10.1. The molecule has 0 aromatic heterocycles. The van der Waals surface area contributed by atoms with E-state index in [-0.39, 0.29) is 0 Å². The molecule has 3 nitrogen and oxygen atoms in total. The number of hydrogen-bond donors (Lipinski definition) is 1. The van der Waals surface area contributed by atoms with E-state index in [4.69, 9.17) is 5.73 Å². The quantitative estimate of drug-likeness (QED) is 0.800. The molecule has 3 heteroatoms. The van der Waals surface area contributed by atoms with Crippen LogP contribution in [0.25, 0.3) is 0 Å². The number of rotatable bonds is 3. The molecule has 1 aliphatic rings. The summed E-state index contributed by atoms with van der Waals surface area (Å²) < 4.78 is 0. The van der Waals surface area contributed by atoms with E-state index in [0.29, 0.717) is 6.54 Å². The van der Waals surface area contributed by atoms with Crippen LogP contribution >= 0.6 is 0 Å². The van der Waals surface area contributed by atoms with Gasteiger partial charge in [-0.15, -0.1) is 0 Å². The molecule has 1 aromatic rings. The average molecular weight is 217 g/mol. The summed E-state index contributed by atoms with van der Waals surface area (Å²) in [5.74, 6) is 0. The Morgan fingerprint density at radius 1 is 1.31 bits per heavy atom. The van der Waals surface area contributed by atoms with Crippen LogP contribution in [0.15, 0.2) is 12.1 Å². The highest BCUT2D eigenvalue weighted by atomic mass is 15.2. The van der Waals surface area contributed by atoms with Crippen molar-refractivity contribution in [1.82, 2.24) is 9.80 Å². The Bertz CT molecular complexity index is 330. The van der Waals surface area contributed by atoms with E-state index in [0.717, 1.165) is 38.3 Å². The molecule has 1 saturated heterocycles. The molecular formula is C13H19N3. The molecule has 1 heterocycles. The third-order valence-electron chi connectivity index (χ3n) is 3.07. The first kappa shape index (κ1) is 11.4. The maximum absolute atomic E-state index is 5.60. The molecule has 1 aliphatic heterocycles. The lowest BCUT2D eigenvalue weighted by Gasteiger charge is -2.32. The second-order valence-electron chi connectivity index (χ2n) is 4.44. The fourth-order valence-corrected chi connectivity index (χ4v) is 1.99. The summed E-state index contributed by atoms with van der Waals surface area (Å²) in [6.07, 6.45) is 0. The van der Waals surface area contributed by atoms with E-state index < -0.39 is 0 Å². The highest BCUT2D eigenvalue weighted by Gasteiger charge is 2.13. The average Bonchev–Trinajstić information content (AvgIpc) is 2.32. The summed E-state index contributed by atoms with van der Waals surface area (Å²) in [5, 5.41) is 0. The summed E-state index contributed by atoms with van der Waals surface area (Å²) in [6.45, 7) is 6.16. The van der Waals surface area contributed by atoms with Gasteiger partial charge in [0.15, 0.2) is 0 Å². The monoisotopic (exact) mass is 217 g/mol. The third-order valence-corrected chi connectivity index (χ3v) is 3.07. The minimum atomic E-state index is 0.549. The van der Waals surface area contributed by atoms with E-state index in [1.807, 2.05) is 6.07 Å². The zero-order valence-electron chi connectivity index (χ0n) is 9.87. The number of nitrogens with two attached hydrogens (primary N) is 1. The predicted octanol–water partition coefficient (Wildman–Crippen LogP) is 0.493. The largest absolute Gasteiger partial charge is 0.326 e. The molecule has 2 rings (SSSR count). The van der Waals surface area contributed by atoms with Crippen LogP contribution in [0.2, 0.25) is 0 Å². The van der Waals surface area contributed by atoms with Crippen LogP contribution < -0.4 is 5.73 Å². The SMILES string of the molecule is CN1CCN(Cc2cc#cc(CN)c2)CC1. The fourth-order valence-electron chi connectivity index (χ4n) is 1.99. The van der Waals surface area contributed by atoms with Crippen LogP contribution in [0.1, 0.15) is 11.1 Å². The summed E-state index contributed by atoms with van der Waals surface area (Å²) in [5.41, 5.74) is 7.94. The summed E-state index contributed by atoms with van der Waals surface area (Å²) >= 11 is 0. The van der Waals surface area contributed by atoms with Crippen molar-refractivity contribution in [3.05, 3.63) is 35.4 Å². The predicted molar refractivity (Wildman–Crippen MR) is 64.8 cm³/mol. The molecule has 0 radical (unpaired) electrons. The maximum atomic E-state index is 5.60. The summed E-state index contributed by atoms with van der Waals surface area (Å²) in [4.78, 5) is 4.84. The normalized spacial score (nSPS) is 18.4. The Labute approximate surface area is 97.8 Å². The Hall–Kier alpha value is -1.08. The molecule has 2 N–H and O–H groups in total. The van der Waals surface area contributed by atoms with E-state index >= 15 is 0 Å². The van der Waals surface area contributed by atoms with E-state index in [2.05, 4.69) is 35.0 Å². The van der Waals surface area contributed by atoms with Crippen LogP contribution in [0.3, 0.4) is 0 Å². The first-order valence-corrected chi connectivity index (χ1v) is 5.80. The Balaban J connectivity index is 1.93. The number of hydrogen-bond acceptors (Lipinski definition) is 3. The molecule has 86 valence electrons. The second-order valence-corrected chi connectivity index (χ2v) is 4.44. The van der Waals surface area contributed by atoms with Gasteiger partial charge in [-0.25, -0.2) is 0 Å². The highest BCUT2D eigenvalue weighted by molar-refractivity contribution is 5.18. The van der Waals surface area contributed by atoms with Crippen molar-refractivity contribution in [3.8, 4) is 0 Å². The number of piperazine rings is 1. The molecule has 0 aliphatic carbocycles. The molecule has 16 heavy (non-hydrogen) atoms. The van der Waals surface area contributed by atoms with Gasteiger partial charge < -0.3 is 10.6 Å². The van der Waals surface area contributed by atoms with Gasteiger partial charge in [0.25, 0.3) is 0 Å². The number of likely N-dealkylation sites (N-methyl/N-ethyl adjacent to an activating group) is 1. The van der Waals surface area contributed by atoms with Crippen molar-refractivity contribution in [1.29, 1.82) is 0 Å². The Morgan fingerprint density at radius 3 is 2.75 bits per heavy atom. The zero-order chi connectivity index (χ0) is 11.4. The van der Waals surface area contributed by atoms with Crippen molar-refractivity contribution < 1.29 is 0 Å². The second kappa shape index (κ2) is 5.31. The lowest BCUT2D eigenvalue weighted by molar-refractivity contribution is 0.148. The standard InChI is InChI=1S/C13H19N3/c1-15-5-7-16(8-6-15)11-13-4-2-3-12(9-13)10-14/h4,9H,5-8,10-11,14H2,1H3. The highest BCUT2D eigenvalue weighted by Crippen LogP contribution is 2.07. The smallest absolute Gasteiger partial charge is 0.0259 e. The Morgan fingerprint density at radius 2 is 2.06 bits per heavy atom. The molecular weight excluding hydrogens is 198 g/mol. The zero-order valence-corrected chi connectivity index (χ0v) is 9.87. The molecule has 1 aromatic carbocycles. The lowest BCUT2D eigenvalue weighted by Crippen LogP contribution is -2.43. The van der Waals surface area contributed by atoms with Crippen molar-refractivity contribution in [2.45, 2.75) is 13.1 Å². The van der Waals surface area contributed by atoms with Crippen LogP contribution in [-0.4, -0.2) is 43.0 Å². The van der Waals surface area contributed by atoms with Crippen LogP contribution in [0.5, 0.6) is 0 Å². The van der Waals surface area contributed by atoms with E-state index in [1.54, 1.807) is 0 Å². The topological polar surface area (TPSA) is 32.5 Å². The maximum Gasteiger partial charge on any atom is 0.0259 e. The molecule has 0 unspecified atom stereocenters. The van der Waals surface area contributed by atoms with Crippen molar-refractivity contribution >= 4 is 0 Å². The minimum Gasteiger partial charge on any atom is -0.326 e. The van der Waals surface area contributed by atoms with Crippen molar-refractivity contribution in [3.63, 3.8) is 0 Å². The molecule has 1 fully saturated rings. The van der Waals surface area contributed by atoms with E-state index in [9.17, 15) is 0 Å². The van der Waals surface area contributed by atoms with Crippen LogP contribution in [0.4, 0.5) is 0 Å². The van der Waals surface area contributed by atoms with Gasteiger partial charge >= 0.3 is 0 Å². The fraction of sp³-hybridized carbons (Fsp3) is 0.538. The first-order valence-electron chi connectivity index (χ1n) is 5.80. The third kappa shape index (κ3) is 2.96. The summed E-state index contributed by atoms with van der Waals surface area (Å²) in [7, 11) is 2.18. The van der Waals surface area contributed by atoms with E-state index in [1.165, 1.54) is 5.56 Å². The van der Waals surface area contributed by atoms with Gasteiger partial charge in [0, 0.05) is 44.8 Å². The molecule has 0 saturated carbocycles. The first-order chi connectivity index (χ1) is 7.78. The van der Waals surface area contributed by atoms with Gasteiger partial charge in [0.1, 0.15) is 0 Å². The van der Waals surface area contributed by atoms with Crippen molar-refractivity contribution in [2.75, 3.05) is 33.2 Å². The van der Waals surface area contributed by atoms with Gasteiger partial charge in [-0.3, -0.25) is 4.90 Å². The summed E-state index contributed by atoms with van der Waals surface area (Å²) in [6, 6.07) is 10.2. The number of nitrogens with zero attached hydrogens (tertiary/aromatic N) is 2. The molecule has 0 bridgehead atoms. The van der Waals surface area contributed by atoms with Gasteiger partial charge in [-0.05, 0) is 24.7 Å². The minimum absolute atomic E-state index is 0.549. The van der Waals surface area contributed by atoms with Crippen LogP contribution in [-0.2, 0) is 13.1 Å². The molecule has 0 spiro atoms. The van der Waals surface area contributed by atoms with Crippen LogP contribution in [0, 0.1) is 12.1 Å². The van der Waals surface area contributed by atoms with Gasteiger partial charge in [-0.1, -0.05) is 12.1 Å².